The van der Waals surface area contributed by atoms with E-state index in [2.05, 4.69) is 22.8 Å². The van der Waals surface area contributed by atoms with Crippen LogP contribution in [0.1, 0.15) is 33.1 Å². The van der Waals surface area contributed by atoms with Crippen molar-refractivity contribution < 1.29 is 9.47 Å². The molecule has 4 rings (SSSR count). The Hall–Kier alpha value is -1.18. The summed E-state index contributed by atoms with van der Waals surface area (Å²) in [6.07, 6.45) is 2.46. The van der Waals surface area contributed by atoms with E-state index in [-0.39, 0.29) is 24.4 Å². The van der Waals surface area contributed by atoms with Crippen LogP contribution in [0.4, 0.5) is 0 Å². The molecule has 0 aromatic heterocycles. The number of hydrogen-bond acceptors (Lipinski definition) is 6. The van der Waals surface area contributed by atoms with E-state index in [4.69, 9.17) is 20.0 Å². The van der Waals surface area contributed by atoms with Gasteiger partial charge in [0.25, 0.3) is 0 Å². The summed E-state index contributed by atoms with van der Waals surface area (Å²) in [6, 6.07) is 4.85. The number of fused-ring (bicyclic) bond motifs is 2. The highest BCUT2D eigenvalue weighted by Gasteiger charge is 2.51. The van der Waals surface area contributed by atoms with Gasteiger partial charge in [-0.3, -0.25) is 0 Å². The van der Waals surface area contributed by atoms with Gasteiger partial charge < -0.3 is 20.1 Å². The molecule has 0 aliphatic carbocycles. The van der Waals surface area contributed by atoms with Crippen molar-refractivity contribution in [3.05, 3.63) is 0 Å². The molecule has 132 valence electrons. The Kier molecular flexibility index (Phi) is 5.73. The molecule has 8 atom stereocenters. The maximum absolute atomic E-state index is 9.16. The Morgan fingerprint density at radius 1 is 0.958 bits per heavy atom. The van der Waals surface area contributed by atoms with E-state index in [0.29, 0.717) is 23.8 Å². The number of nitrogens with zero attached hydrogens (tertiary/aromatic N) is 2. The van der Waals surface area contributed by atoms with Gasteiger partial charge >= 0.3 is 0 Å². The highest BCUT2D eigenvalue weighted by molar-refractivity contribution is 5.07. The molecule has 0 aromatic rings. The molecule has 0 spiro atoms. The van der Waals surface area contributed by atoms with Crippen molar-refractivity contribution in [1.29, 1.82) is 10.5 Å². The Morgan fingerprint density at radius 2 is 1.71 bits per heavy atom. The zero-order chi connectivity index (χ0) is 17.1. The molecule has 0 aromatic carbocycles. The molecular weight excluding hydrogens is 304 g/mol. The average molecular weight is 332 g/mol. The summed E-state index contributed by atoms with van der Waals surface area (Å²) in [5.74, 6) is 1.17. The van der Waals surface area contributed by atoms with Gasteiger partial charge in [-0.15, -0.1) is 0 Å². The van der Waals surface area contributed by atoms with Crippen molar-refractivity contribution in [3.8, 4) is 12.1 Å². The molecule has 0 bridgehead atoms. The Morgan fingerprint density at radius 3 is 2.46 bits per heavy atom. The first-order valence-electron chi connectivity index (χ1n) is 9.34. The van der Waals surface area contributed by atoms with Crippen molar-refractivity contribution in [2.45, 2.75) is 63.6 Å². The lowest BCUT2D eigenvalue weighted by atomic mass is 9.73. The number of nitrogens with one attached hydrogen (secondary N) is 2. The predicted molar refractivity (Wildman–Crippen MR) is 88.9 cm³/mol. The molecule has 4 heterocycles. The van der Waals surface area contributed by atoms with E-state index in [0.717, 1.165) is 38.9 Å². The molecule has 8 unspecified atom stereocenters. The van der Waals surface area contributed by atoms with E-state index in [1.807, 2.05) is 13.8 Å². The summed E-state index contributed by atoms with van der Waals surface area (Å²) >= 11 is 0. The summed E-state index contributed by atoms with van der Waals surface area (Å²) in [4.78, 5) is 0. The first kappa shape index (κ1) is 17.6. The van der Waals surface area contributed by atoms with E-state index < -0.39 is 0 Å². The fourth-order valence-corrected chi connectivity index (χ4v) is 4.90. The topological polar surface area (TPSA) is 90.1 Å². The van der Waals surface area contributed by atoms with Crippen LogP contribution < -0.4 is 10.6 Å². The Labute approximate surface area is 144 Å². The van der Waals surface area contributed by atoms with E-state index >= 15 is 0 Å². The molecule has 4 aliphatic rings. The number of nitriles is 2. The standard InChI is InChI=1S/C16H22N4O2.C2H6/c17-5-10-3-9-7-19-8-13(16(9)22-10)15-12-4-11(6-18)21-14(12)1-2-20-15;1-2/h9-16,19-20H,1-4,7-8H2;1-2H3. The van der Waals surface area contributed by atoms with Gasteiger partial charge in [0.2, 0.25) is 0 Å². The van der Waals surface area contributed by atoms with Crippen molar-refractivity contribution in [2.75, 3.05) is 19.6 Å². The minimum Gasteiger partial charge on any atom is -0.360 e. The van der Waals surface area contributed by atoms with E-state index in [1.165, 1.54) is 0 Å². The lowest BCUT2D eigenvalue weighted by Gasteiger charge is -2.44. The second-order valence-corrected chi connectivity index (χ2v) is 7.00. The van der Waals surface area contributed by atoms with Gasteiger partial charge in [-0.05, 0) is 25.8 Å². The molecule has 4 saturated heterocycles. The zero-order valence-corrected chi connectivity index (χ0v) is 14.6. The van der Waals surface area contributed by atoms with Gasteiger partial charge in [0.1, 0.15) is 12.2 Å². The van der Waals surface area contributed by atoms with Crippen LogP contribution in [0.25, 0.3) is 0 Å². The van der Waals surface area contributed by atoms with Crippen LogP contribution >= 0.6 is 0 Å². The average Bonchev–Trinajstić information content (AvgIpc) is 3.26. The van der Waals surface area contributed by atoms with Crippen LogP contribution in [0.15, 0.2) is 0 Å². The third kappa shape index (κ3) is 3.17. The number of hydrogen-bond donors (Lipinski definition) is 2. The fourth-order valence-electron chi connectivity index (χ4n) is 4.90. The van der Waals surface area contributed by atoms with E-state index in [1.54, 1.807) is 0 Å². The number of ether oxygens (including phenoxy) is 2. The van der Waals surface area contributed by atoms with Crippen LogP contribution in [-0.2, 0) is 9.47 Å². The SMILES string of the molecule is CC.N#CC1CC2C(CCNC2C2CNCC3CC(C#N)OC32)O1. The van der Waals surface area contributed by atoms with Crippen molar-refractivity contribution in [3.63, 3.8) is 0 Å². The van der Waals surface area contributed by atoms with Crippen LogP contribution in [0.3, 0.4) is 0 Å². The highest BCUT2D eigenvalue weighted by atomic mass is 16.5. The van der Waals surface area contributed by atoms with Gasteiger partial charge in [-0.1, -0.05) is 13.8 Å². The third-order valence-corrected chi connectivity index (χ3v) is 5.83. The van der Waals surface area contributed by atoms with Gasteiger partial charge in [0.05, 0.1) is 24.3 Å². The fraction of sp³-hybridized carbons (Fsp3) is 0.889. The van der Waals surface area contributed by atoms with Crippen molar-refractivity contribution in [1.82, 2.24) is 10.6 Å². The summed E-state index contributed by atoms with van der Waals surface area (Å²) in [6.45, 7) is 6.79. The molecular formula is C18H28N4O2. The summed E-state index contributed by atoms with van der Waals surface area (Å²) in [5, 5.41) is 25.5. The van der Waals surface area contributed by atoms with Gasteiger partial charge in [-0.2, -0.15) is 10.5 Å². The molecule has 0 saturated carbocycles. The molecule has 4 fully saturated rings. The van der Waals surface area contributed by atoms with Gasteiger partial charge in [-0.25, -0.2) is 0 Å². The van der Waals surface area contributed by atoms with Crippen LogP contribution in [0, 0.1) is 40.4 Å². The Balaban J connectivity index is 0.000000815. The van der Waals surface area contributed by atoms with Gasteiger partial charge in [0.15, 0.2) is 0 Å². The third-order valence-electron chi connectivity index (χ3n) is 5.83. The number of rotatable bonds is 1. The highest BCUT2D eigenvalue weighted by Crippen LogP contribution is 2.41. The van der Waals surface area contributed by atoms with Crippen molar-refractivity contribution in [2.24, 2.45) is 17.8 Å². The summed E-state index contributed by atoms with van der Waals surface area (Å²) in [7, 11) is 0. The summed E-state index contributed by atoms with van der Waals surface area (Å²) in [5.41, 5.74) is 0. The zero-order valence-electron chi connectivity index (χ0n) is 14.6. The minimum atomic E-state index is -0.263. The predicted octanol–water partition coefficient (Wildman–Crippen LogP) is 1.19. The maximum atomic E-state index is 9.16. The minimum absolute atomic E-state index is 0.156. The molecule has 6 nitrogen and oxygen atoms in total. The number of piperidine rings is 2. The van der Waals surface area contributed by atoms with Crippen molar-refractivity contribution >= 4 is 0 Å². The smallest absolute Gasteiger partial charge is 0.144 e. The van der Waals surface area contributed by atoms with Crippen LogP contribution in [-0.4, -0.2) is 50.1 Å². The molecule has 24 heavy (non-hydrogen) atoms. The monoisotopic (exact) mass is 332 g/mol. The molecule has 4 aliphatic heterocycles. The first-order chi connectivity index (χ1) is 11.8. The maximum Gasteiger partial charge on any atom is 0.144 e. The lowest BCUT2D eigenvalue weighted by Crippen LogP contribution is -2.59. The second kappa shape index (κ2) is 7.80. The summed E-state index contributed by atoms with van der Waals surface area (Å²) < 4.78 is 11.9. The molecule has 6 heteroatoms. The van der Waals surface area contributed by atoms with Gasteiger partial charge in [0, 0.05) is 36.9 Å². The molecule has 0 radical (unpaired) electrons. The first-order valence-corrected chi connectivity index (χ1v) is 9.34. The lowest BCUT2D eigenvalue weighted by molar-refractivity contribution is -0.0344. The molecule has 2 N–H and O–H groups in total. The van der Waals surface area contributed by atoms with E-state index in [9.17, 15) is 0 Å². The van der Waals surface area contributed by atoms with Crippen LogP contribution in [0.2, 0.25) is 0 Å². The normalized spacial score (nSPS) is 46.7. The molecule has 0 amide bonds. The Bertz CT molecular complexity index is 468. The van der Waals surface area contributed by atoms with Crippen LogP contribution in [0.5, 0.6) is 0 Å². The largest absolute Gasteiger partial charge is 0.360 e. The quantitative estimate of drug-likeness (QED) is 0.749. The second-order valence-electron chi connectivity index (χ2n) is 7.00.